The van der Waals surface area contributed by atoms with E-state index in [4.69, 9.17) is 4.74 Å². The first-order valence-corrected chi connectivity index (χ1v) is 9.96. The van der Waals surface area contributed by atoms with Gasteiger partial charge in [0.25, 0.3) is 0 Å². The van der Waals surface area contributed by atoms with Crippen LogP contribution < -0.4 is 5.43 Å². The monoisotopic (exact) mass is 367 g/mol. The summed E-state index contributed by atoms with van der Waals surface area (Å²) in [5.41, 5.74) is 2.28. The lowest BCUT2D eigenvalue weighted by atomic mass is 9.67. The summed E-state index contributed by atoms with van der Waals surface area (Å²) in [5.74, 6) is -0.423. The zero-order chi connectivity index (χ0) is 18.8. The minimum absolute atomic E-state index is 0.0921. The van der Waals surface area contributed by atoms with E-state index in [1.165, 1.54) is 24.5 Å². The smallest absolute Gasteiger partial charge is 0.341 e. The van der Waals surface area contributed by atoms with E-state index >= 15 is 0 Å². The Morgan fingerprint density at radius 3 is 2.78 bits per heavy atom. The number of aromatic nitrogens is 1. The molecule has 3 aliphatic carbocycles. The molecule has 27 heavy (non-hydrogen) atoms. The van der Waals surface area contributed by atoms with Crippen LogP contribution in [0, 0.1) is 5.92 Å². The molecule has 1 aromatic heterocycles. The number of carboxylic acids is 1. The van der Waals surface area contributed by atoms with Gasteiger partial charge >= 0.3 is 5.97 Å². The molecule has 1 atom stereocenters. The predicted octanol–water partition coefficient (Wildman–Crippen LogP) is 3.73. The molecule has 2 saturated carbocycles. The number of rotatable bonds is 4. The molecule has 0 amide bonds. The van der Waals surface area contributed by atoms with Crippen LogP contribution in [-0.2, 0) is 10.3 Å². The van der Waals surface area contributed by atoms with Crippen LogP contribution in [0.5, 0.6) is 0 Å². The lowest BCUT2D eigenvalue weighted by Crippen LogP contribution is -2.46. The van der Waals surface area contributed by atoms with E-state index in [0.717, 1.165) is 55.9 Å². The van der Waals surface area contributed by atoms with Crippen molar-refractivity contribution in [3.63, 3.8) is 0 Å². The fraction of sp³-hybridized carbons (Fsp3) is 0.545. The van der Waals surface area contributed by atoms with Crippen molar-refractivity contribution < 1.29 is 14.6 Å². The van der Waals surface area contributed by atoms with Crippen molar-refractivity contribution in [2.45, 2.75) is 63.0 Å². The van der Waals surface area contributed by atoms with Crippen molar-refractivity contribution in [3.05, 3.63) is 51.5 Å². The second-order valence-corrected chi connectivity index (χ2v) is 8.92. The number of hydrogen-bond donors (Lipinski definition) is 1. The largest absolute Gasteiger partial charge is 0.477 e. The van der Waals surface area contributed by atoms with E-state index < -0.39 is 11.4 Å². The van der Waals surface area contributed by atoms with Crippen LogP contribution in [0.1, 0.15) is 67.9 Å². The second-order valence-electron chi connectivity index (χ2n) is 8.92. The molecule has 0 aromatic carbocycles. The first-order valence-electron chi connectivity index (χ1n) is 9.96. The molecule has 2 heterocycles. The van der Waals surface area contributed by atoms with E-state index in [9.17, 15) is 14.7 Å². The molecule has 1 spiro atoms. The van der Waals surface area contributed by atoms with Gasteiger partial charge in [-0.15, -0.1) is 0 Å². The normalized spacial score (nSPS) is 27.9. The van der Waals surface area contributed by atoms with Gasteiger partial charge in [-0.25, -0.2) is 4.79 Å². The molecule has 1 aliphatic heterocycles. The third-order valence-corrected chi connectivity index (χ3v) is 6.75. The van der Waals surface area contributed by atoms with Crippen LogP contribution in [0.3, 0.4) is 0 Å². The summed E-state index contributed by atoms with van der Waals surface area (Å²) in [6, 6.07) is 1.52. The maximum absolute atomic E-state index is 12.4. The summed E-state index contributed by atoms with van der Waals surface area (Å²) in [5, 5.41) is 9.38. The number of hydrogen-bond acceptors (Lipinski definition) is 3. The number of pyridine rings is 1. The van der Waals surface area contributed by atoms with Gasteiger partial charge in [0.15, 0.2) is 5.43 Å². The van der Waals surface area contributed by atoms with E-state index in [1.807, 2.05) is 0 Å². The van der Waals surface area contributed by atoms with Crippen molar-refractivity contribution in [2.75, 3.05) is 6.61 Å². The Labute approximate surface area is 158 Å². The summed E-state index contributed by atoms with van der Waals surface area (Å²) in [6.07, 6.45) is 13.4. The molecule has 2 fully saturated rings. The number of aromatic carboxylic acids is 1. The van der Waals surface area contributed by atoms with Crippen LogP contribution >= 0.6 is 0 Å². The number of carbonyl (C=O) groups is 1. The maximum Gasteiger partial charge on any atom is 0.341 e. The summed E-state index contributed by atoms with van der Waals surface area (Å²) >= 11 is 0. The molecule has 5 heteroatoms. The summed E-state index contributed by atoms with van der Waals surface area (Å²) in [7, 11) is 0. The number of carboxylic acid groups (broad SMARTS) is 1. The molecule has 1 aromatic rings. The molecule has 142 valence electrons. The van der Waals surface area contributed by atoms with E-state index in [2.05, 4.69) is 23.6 Å². The molecule has 4 aliphatic rings. The highest BCUT2D eigenvalue weighted by Gasteiger charge is 2.46. The van der Waals surface area contributed by atoms with Crippen molar-refractivity contribution in [1.82, 2.24) is 4.57 Å². The number of allylic oxidation sites excluding steroid dienone is 2. The van der Waals surface area contributed by atoms with E-state index in [1.54, 1.807) is 6.20 Å². The van der Waals surface area contributed by atoms with Crippen molar-refractivity contribution in [2.24, 2.45) is 5.92 Å². The molecule has 1 unspecified atom stereocenters. The third-order valence-electron chi connectivity index (χ3n) is 6.75. The average molecular weight is 367 g/mol. The summed E-state index contributed by atoms with van der Waals surface area (Å²) < 4.78 is 8.34. The van der Waals surface area contributed by atoms with Crippen molar-refractivity contribution in [1.29, 1.82) is 0 Å². The first-order chi connectivity index (χ1) is 12.9. The molecule has 0 radical (unpaired) electrons. The highest BCUT2D eigenvalue weighted by atomic mass is 16.5. The third kappa shape index (κ3) is 2.71. The molecule has 1 N–H and O–H groups in total. The lowest BCUT2D eigenvalue weighted by molar-refractivity contribution is -0.000403. The molecule has 0 saturated heterocycles. The maximum atomic E-state index is 12.4. The highest BCUT2D eigenvalue weighted by Crippen LogP contribution is 2.52. The van der Waals surface area contributed by atoms with Gasteiger partial charge in [-0.3, -0.25) is 4.79 Å². The lowest BCUT2D eigenvalue weighted by Gasteiger charge is -2.50. The Morgan fingerprint density at radius 1 is 1.37 bits per heavy atom. The molecular weight excluding hydrogens is 342 g/mol. The van der Waals surface area contributed by atoms with Gasteiger partial charge in [0.2, 0.25) is 0 Å². The Kier molecular flexibility index (Phi) is 3.57. The molecular formula is C22H25NO4. The SMILES string of the molecule is CC1(OCC2CC2)C=C2CC3(CCC3)n3cc(C(=O)O)c(=O)cc3C2=CC1. The van der Waals surface area contributed by atoms with Gasteiger partial charge < -0.3 is 14.4 Å². The number of fused-ring (bicyclic) bond motifs is 4. The van der Waals surface area contributed by atoms with Gasteiger partial charge in [0.1, 0.15) is 5.56 Å². The summed E-state index contributed by atoms with van der Waals surface area (Å²) in [6.45, 7) is 2.98. The number of nitrogens with zero attached hydrogens (tertiary/aromatic N) is 1. The van der Waals surface area contributed by atoms with Crippen LogP contribution in [0.15, 0.2) is 34.8 Å². The minimum Gasteiger partial charge on any atom is -0.477 e. The topological polar surface area (TPSA) is 68.5 Å². The van der Waals surface area contributed by atoms with Crippen molar-refractivity contribution >= 4 is 11.5 Å². The van der Waals surface area contributed by atoms with Crippen LogP contribution in [0.2, 0.25) is 0 Å². The van der Waals surface area contributed by atoms with Gasteiger partial charge in [-0.2, -0.15) is 0 Å². The van der Waals surface area contributed by atoms with Gasteiger partial charge in [-0.05, 0) is 75.0 Å². The summed E-state index contributed by atoms with van der Waals surface area (Å²) in [4.78, 5) is 23.8. The zero-order valence-electron chi connectivity index (χ0n) is 15.7. The van der Waals surface area contributed by atoms with Gasteiger partial charge in [0, 0.05) is 17.8 Å². The Bertz CT molecular complexity index is 946. The number of ether oxygens (including phenoxy) is 1. The first kappa shape index (κ1) is 17.0. The standard InChI is InChI=1S/C22H25NO4/c1-21(27-13-14-3-4-14)8-5-16-15(10-21)11-22(6-2-7-22)23-12-17(20(25)26)19(24)9-18(16)23/h5,9-10,12,14H,2-4,6-8,11,13H2,1H3,(H,25,26). The quantitative estimate of drug-likeness (QED) is 0.880. The Balaban J connectivity index is 1.57. The highest BCUT2D eigenvalue weighted by molar-refractivity contribution is 5.88. The van der Waals surface area contributed by atoms with Crippen LogP contribution in [-0.4, -0.2) is 27.9 Å². The second kappa shape index (κ2) is 5.68. The van der Waals surface area contributed by atoms with E-state index in [-0.39, 0.29) is 16.7 Å². The molecule has 5 rings (SSSR count). The average Bonchev–Trinajstić information content (AvgIpc) is 3.41. The van der Waals surface area contributed by atoms with Crippen LogP contribution in [0.25, 0.3) is 5.57 Å². The van der Waals surface area contributed by atoms with Gasteiger partial charge in [0.05, 0.1) is 17.9 Å². The fourth-order valence-corrected chi connectivity index (χ4v) is 4.79. The van der Waals surface area contributed by atoms with Crippen molar-refractivity contribution in [3.8, 4) is 0 Å². The Morgan fingerprint density at radius 2 is 2.15 bits per heavy atom. The zero-order valence-corrected chi connectivity index (χ0v) is 15.7. The predicted molar refractivity (Wildman–Crippen MR) is 102 cm³/mol. The molecule has 0 bridgehead atoms. The molecule has 5 nitrogen and oxygen atoms in total. The van der Waals surface area contributed by atoms with E-state index in [0.29, 0.717) is 0 Å². The fourth-order valence-electron chi connectivity index (χ4n) is 4.79. The van der Waals surface area contributed by atoms with Gasteiger partial charge in [-0.1, -0.05) is 6.08 Å². The van der Waals surface area contributed by atoms with Crippen LogP contribution in [0.4, 0.5) is 0 Å². The Hall–Kier alpha value is -2.14. The minimum atomic E-state index is -1.15.